The molecule has 0 atom stereocenters. The van der Waals surface area contributed by atoms with E-state index in [2.05, 4.69) is 4.98 Å². The zero-order chi connectivity index (χ0) is 16.7. The number of aliphatic hydroxyl groups excluding tert-OH is 1. The number of nitrogens with one attached hydrogen (secondary N) is 1. The Kier molecular flexibility index (Phi) is 3.34. The number of nitrogens with zero attached hydrogens (tertiary/aromatic N) is 3. The number of hydrogen-bond donors (Lipinski definition) is 2. The molecule has 0 unspecified atom stereocenters. The largest absolute Gasteiger partial charge is 0.510 e. The van der Waals surface area contributed by atoms with Gasteiger partial charge in [0.2, 0.25) is 0 Å². The van der Waals surface area contributed by atoms with Gasteiger partial charge in [-0.2, -0.15) is 0 Å². The molecule has 5 heteroatoms. The van der Waals surface area contributed by atoms with Crippen LogP contribution in [0.15, 0.2) is 60.4 Å². The summed E-state index contributed by atoms with van der Waals surface area (Å²) in [6, 6.07) is 17.8. The number of hydrogen-bond acceptors (Lipinski definition) is 3. The van der Waals surface area contributed by atoms with Crippen molar-refractivity contribution in [3.63, 3.8) is 0 Å². The first kappa shape index (κ1) is 14.5. The summed E-state index contributed by atoms with van der Waals surface area (Å²) in [6.07, 6.45) is 0. The first-order valence-electron chi connectivity index (χ1n) is 7.87. The second kappa shape index (κ2) is 5.53. The SMILES string of the molecule is Cn1c(C2=C(O)CN(Cc3ccccc3)C2=N)nc2ccccc21. The van der Waals surface area contributed by atoms with Gasteiger partial charge in [0.1, 0.15) is 17.4 Å². The second-order valence-corrected chi connectivity index (χ2v) is 6.00. The first-order chi connectivity index (χ1) is 11.6. The molecule has 5 nitrogen and oxygen atoms in total. The van der Waals surface area contributed by atoms with E-state index in [4.69, 9.17) is 5.41 Å². The van der Waals surface area contributed by atoms with Gasteiger partial charge in [-0.25, -0.2) is 4.98 Å². The Balaban J connectivity index is 1.69. The van der Waals surface area contributed by atoms with Gasteiger partial charge in [0, 0.05) is 13.6 Å². The summed E-state index contributed by atoms with van der Waals surface area (Å²) in [6.45, 7) is 0.934. The van der Waals surface area contributed by atoms with E-state index in [1.807, 2.05) is 71.1 Å². The second-order valence-electron chi connectivity index (χ2n) is 6.00. The first-order valence-corrected chi connectivity index (χ1v) is 7.87. The molecule has 0 saturated carbocycles. The molecule has 120 valence electrons. The van der Waals surface area contributed by atoms with Crippen molar-refractivity contribution in [1.82, 2.24) is 14.5 Å². The Labute approximate surface area is 140 Å². The van der Waals surface area contributed by atoms with Gasteiger partial charge in [-0.05, 0) is 17.7 Å². The maximum absolute atomic E-state index is 10.5. The van der Waals surface area contributed by atoms with Crippen LogP contribution in [0.3, 0.4) is 0 Å². The van der Waals surface area contributed by atoms with Gasteiger partial charge in [0.25, 0.3) is 0 Å². The van der Waals surface area contributed by atoms with Crippen molar-refractivity contribution in [3.05, 3.63) is 71.7 Å². The molecule has 2 aromatic carbocycles. The molecule has 0 bridgehead atoms. The van der Waals surface area contributed by atoms with E-state index < -0.39 is 0 Å². The molecule has 1 aliphatic heterocycles. The number of aliphatic hydroxyl groups is 1. The summed E-state index contributed by atoms with van der Waals surface area (Å²) in [7, 11) is 1.91. The van der Waals surface area contributed by atoms with Crippen LogP contribution in [0.1, 0.15) is 11.4 Å². The van der Waals surface area contributed by atoms with Crippen LogP contribution in [0, 0.1) is 5.41 Å². The topological polar surface area (TPSA) is 65.1 Å². The highest BCUT2D eigenvalue weighted by Crippen LogP contribution is 2.29. The molecule has 0 spiro atoms. The van der Waals surface area contributed by atoms with Crippen LogP contribution >= 0.6 is 0 Å². The number of para-hydroxylation sites is 2. The summed E-state index contributed by atoms with van der Waals surface area (Å²) < 4.78 is 1.93. The van der Waals surface area contributed by atoms with E-state index in [1.54, 1.807) is 0 Å². The molecule has 0 fully saturated rings. The van der Waals surface area contributed by atoms with E-state index in [0.717, 1.165) is 16.6 Å². The fourth-order valence-corrected chi connectivity index (χ4v) is 3.18. The van der Waals surface area contributed by atoms with Crippen molar-refractivity contribution < 1.29 is 5.11 Å². The molecular weight excluding hydrogens is 300 g/mol. The molecule has 0 saturated heterocycles. The van der Waals surface area contributed by atoms with Crippen LogP contribution in [-0.2, 0) is 13.6 Å². The molecule has 0 aliphatic carbocycles. The third-order valence-electron chi connectivity index (χ3n) is 4.41. The average Bonchev–Trinajstić information content (AvgIpc) is 3.06. The predicted octanol–water partition coefficient (Wildman–Crippen LogP) is 3.34. The van der Waals surface area contributed by atoms with Gasteiger partial charge >= 0.3 is 0 Å². The fraction of sp³-hybridized carbons (Fsp3) is 0.158. The van der Waals surface area contributed by atoms with E-state index in [9.17, 15) is 5.11 Å². The summed E-state index contributed by atoms with van der Waals surface area (Å²) >= 11 is 0. The minimum absolute atomic E-state index is 0.203. The van der Waals surface area contributed by atoms with Crippen LogP contribution in [0.4, 0.5) is 0 Å². The highest BCUT2D eigenvalue weighted by Gasteiger charge is 2.31. The number of aromatic nitrogens is 2. The van der Waals surface area contributed by atoms with Gasteiger partial charge < -0.3 is 14.6 Å². The van der Waals surface area contributed by atoms with E-state index in [-0.39, 0.29) is 5.76 Å². The molecule has 4 rings (SSSR count). The third kappa shape index (κ3) is 2.25. The lowest BCUT2D eigenvalue weighted by Gasteiger charge is -2.18. The number of aryl methyl sites for hydroxylation is 1. The van der Waals surface area contributed by atoms with Crippen molar-refractivity contribution in [2.45, 2.75) is 6.54 Å². The van der Waals surface area contributed by atoms with Crippen molar-refractivity contribution in [1.29, 1.82) is 5.41 Å². The smallest absolute Gasteiger partial charge is 0.148 e. The fourth-order valence-electron chi connectivity index (χ4n) is 3.18. The summed E-state index contributed by atoms with van der Waals surface area (Å²) in [5.41, 5.74) is 3.48. The lowest BCUT2D eigenvalue weighted by atomic mass is 10.2. The summed E-state index contributed by atoms with van der Waals surface area (Å²) in [5, 5.41) is 19.0. The van der Waals surface area contributed by atoms with Crippen molar-refractivity contribution in [3.8, 4) is 0 Å². The Morgan fingerprint density at radius 3 is 2.54 bits per heavy atom. The molecule has 1 aliphatic rings. The van der Waals surface area contributed by atoms with E-state index >= 15 is 0 Å². The Morgan fingerprint density at radius 1 is 1.08 bits per heavy atom. The lowest BCUT2D eigenvalue weighted by Crippen LogP contribution is -2.26. The monoisotopic (exact) mass is 318 g/mol. The highest BCUT2D eigenvalue weighted by atomic mass is 16.3. The number of benzene rings is 2. The molecular formula is C19H18N4O. The normalized spacial score (nSPS) is 14.9. The minimum Gasteiger partial charge on any atom is -0.510 e. The standard InChI is InChI=1S/C19H18N4O/c1-22-15-10-6-5-9-14(15)21-19(22)17-16(24)12-23(18(17)20)11-13-7-3-2-4-8-13/h2-10,20,24H,11-12H2,1H3. The van der Waals surface area contributed by atoms with Gasteiger partial charge in [-0.3, -0.25) is 5.41 Å². The average molecular weight is 318 g/mol. The Hall–Kier alpha value is -3.08. The van der Waals surface area contributed by atoms with Crippen LogP contribution in [0.2, 0.25) is 0 Å². The summed E-state index contributed by atoms with van der Waals surface area (Å²) in [5.74, 6) is 1.15. The quantitative estimate of drug-likeness (QED) is 0.778. The zero-order valence-corrected chi connectivity index (χ0v) is 13.4. The van der Waals surface area contributed by atoms with Gasteiger partial charge in [0.05, 0.1) is 23.2 Å². The van der Waals surface area contributed by atoms with Crippen LogP contribution in [0.25, 0.3) is 16.6 Å². The van der Waals surface area contributed by atoms with E-state index in [1.165, 1.54) is 0 Å². The van der Waals surface area contributed by atoms with Crippen LogP contribution in [0.5, 0.6) is 0 Å². The van der Waals surface area contributed by atoms with Gasteiger partial charge in [-0.1, -0.05) is 42.5 Å². The molecule has 3 aromatic rings. The van der Waals surface area contributed by atoms with Crippen LogP contribution in [-0.4, -0.2) is 31.9 Å². The molecule has 0 amide bonds. The number of amidine groups is 1. The van der Waals surface area contributed by atoms with E-state index in [0.29, 0.717) is 30.3 Å². The molecule has 2 N–H and O–H groups in total. The Morgan fingerprint density at radius 2 is 1.79 bits per heavy atom. The highest BCUT2D eigenvalue weighted by molar-refractivity contribution is 6.23. The van der Waals surface area contributed by atoms with Gasteiger partial charge in [-0.15, -0.1) is 0 Å². The van der Waals surface area contributed by atoms with Crippen molar-refractivity contribution in [2.24, 2.45) is 7.05 Å². The van der Waals surface area contributed by atoms with Crippen LogP contribution < -0.4 is 0 Å². The van der Waals surface area contributed by atoms with Crippen molar-refractivity contribution in [2.75, 3.05) is 6.54 Å². The zero-order valence-electron chi connectivity index (χ0n) is 13.4. The third-order valence-corrected chi connectivity index (χ3v) is 4.41. The minimum atomic E-state index is 0.203. The molecule has 2 heterocycles. The van der Waals surface area contributed by atoms with Gasteiger partial charge in [0.15, 0.2) is 0 Å². The predicted molar refractivity (Wildman–Crippen MR) is 94.8 cm³/mol. The molecule has 1 aromatic heterocycles. The van der Waals surface area contributed by atoms with Crippen molar-refractivity contribution >= 4 is 22.4 Å². The Bertz CT molecular complexity index is 956. The summed E-state index contributed by atoms with van der Waals surface area (Å²) in [4.78, 5) is 6.47. The molecule has 0 radical (unpaired) electrons. The maximum Gasteiger partial charge on any atom is 0.148 e. The molecule has 24 heavy (non-hydrogen) atoms. The number of fused-ring (bicyclic) bond motifs is 1. The maximum atomic E-state index is 10.5. The number of imidazole rings is 1. The lowest BCUT2D eigenvalue weighted by molar-refractivity contribution is 0.347. The number of rotatable bonds is 3.